The maximum atomic E-state index is 13.0. The van der Waals surface area contributed by atoms with Crippen LogP contribution in [0.5, 0.6) is 0 Å². The molecule has 0 aliphatic heterocycles. The number of nitrogens with one attached hydrogen (secondary N) is 1. The minimum absolute atomic E-state index is 0.132. The summed E-state index contributed by atoms with van der Waals surface area (Å²) < 4.78 is 25.0. The van der Waals surface area contributed by atoms with Crippen LogP contribution < -0.4 is 4.83 Å². The molecule has 0 fully saturated rings. The molecule has 6 heteroatoms. The van der Waals surface area contributed by atoms with Crippen molar-refractivity contribution in [1.29, 1.82) is 0 Å². The zero-order chi connectivity index (χ0) is 15.4. The third-order valence-electron chi connectivity index (χ3n) is 2.87. The van der Waals surface area contributed by atoms with Crippen molar-refractivity contribution in [3.8, 4) is 0 Å². The van der Waals surface area contributed by atoms with Gasteiger partial charge in [-0.15, -0.1) is 0 Å². The number of rotatable bonds is 4. The van der Waals surface area contributed by atoms with Gasteiger partial charge in [-0.2, -0.15) is 5.10 Å². The van der Waals surface area contributed by atoms with Crippen LogP contribution in [-0.2, 0) is 11.0 Å². The maximum absolute atomic E-state index is 13.0. The van der Waals surface area contributed by atoms with Crippen molar-refractivity contribution in [1.82, 2.24) is 4.83 Å². The van der Waals surface area contributed by atoms with Gasteiger partial charge in [-0.1, -0.05) is 29.3 Å². The Kier molecular flexibility index (Phi) is 5.09. The maximum Gasteiger partial charge on any atom is 0.166 e. The van der Waals surface area contributed by atoms with Crippen LogP contribution in [0.4, 0.5) is 4.39 Å². The Morgan fingerprint density at radius 1 is 1.19 bits per heavy atom. The lowest BCUT2D eigenvalue weighted by atomic mass is 10.1. The van der Waals surface area contributed by atoms with Crippen molar-refractivity contribution in [3.05, 3.63) is 65.0 Å². The first-order valence-corrected chi connectivity index (χ1v) is 7.74. The molecule has 0 saturated heterocycles. The lowest BCUT2D eigenvalue weighted by Crippen LogP contribution is -2.13. The highest BCUT2D eigenvalue weighted by atomic mass is 35.5. The summed E-state index contributed by atoms with van der Waals surface area (Å²) in [6, 6.07) is 11.4. The number of halogens is 2. The molecule has 0 amide bonds. The molecule has 0 aliphatic rings. The molecule has 0 bridgehead atoms. The lowest BCUT2D eigenvalue weighted by molar-refractivity contribution is 0.626. The second kappa shape index (κ2) is 6.83. The fourth-order valence-corrected chi connectivity index (χ4v) is 2.68. The van der Waals surface area contributed by atoms with E-state index in [9.17, 15) is 8.60 Å². The predicted molar refractivity (Wildman–Crippen MR) is 84.3 cm³/mol. The van der Waals surface area contributed by atoms with Crippen molar-refractivity contribution in [2.75, 3.05) is 0 Å². The van der Waals surface area contributed by atoms with Crippen LogP contribution in [0.2, 0.25) is 0 Å². The summed E-state index contributed by atoms with van der Waals surface area (Å²) >= 11 is 6.05. The molecule has 1 N–H and O–H groups in total. The zero-order valence-electron chi connectivity index (χ0n) is 11.6. The summed E-state index contributed by atoms with van der Waals surface area (Å²) in [6.07, 6.45) is 0. The number of nitrogens with zero attached hydrogens (tertiary/aromatic N) is 1. The fraction of sp³-hybridized carbons (Fsp3) is 0.133. The van der Waals surface area contributed by atoms with E-state index < -0.39 is 11.0 Å². The minimum Gasteiger partial charge on any atom is -0.230 e. The first-order valence-electron chi connectivity index (χ1n) is 6.21. The molecule has 0 aliphatic carbocycles. The van der Waals surface area contributed by atoms with E-state index in [1.165, 1.54) is 18.2 Å². The molecule has 0 radical (unpaired) electrons. The Morgan fingerprint density at radius 2 is 1.86 bits per heavy atom. The SMILES string of the molecule is Cc1ccc(S(=O)N/N=C(\Cl)c2ccc(F)cc2C)cc1. The predicted octanol–water partition coefficient (Wildman–Crippen LogP) is 3.66. The van der Waals surface area contributed by atoms with Gasteiger partial charge in [-0.3, -0.25) is 0 Å². The van der Waals surface area contributed by atoms with Crippen molar-refractivity contribution in [2.24, 2.45) is 5.10 Å². The van der Waals surface area contributed by atoms with Crippen LogP contribution in [0.1, 0.15) is 16.7 Å². The molecule has 0 heterocycles. The smallest absolute Gasteiger partial charge is 0.166 e. The van der Waals surface area contributed by atoms with Crippen molar-refractivity contribution < 1.29 is 8.60 Å². The van der Waals surface area contributed by atoms with Gasteiger partial charge in [0, 0.05) is 5.56 Å². The van der Waals surface area contributed by atoms with Crippen molar-refractivity contribution >= 4 is 27.8 Å². The van der Waals surface area contributed by atoms with Crippen LogP contribution in [0.3, 0.4) is 0 Å². The van der Waals surface area contributed by atoms with E-state index in [2.05, 4.69) is 9.93 Å². The Bertz CT molecular complexity index is 701. The third-order valence-corrected chi connectivity index (χ3v) is 4.12. The number of aryl methyl sites for hydroxylation is 2. The van der Waals surface area contributed by atoms with E-state index in [-0.39, 0.29) is 11.0 Å². The van der Waals surface area contributed by atoms with Crippen LogP contribution in [0.15, 0.2) is 52.5 Å². The van der Waals surface area contributed by atoms with E-state index in [0.29, 0.717) is 16.0 Å². The topological polar surface area (TPSA) is 41.5 Å². The number of hydrazone groups is 1. The van der Waals surface area contributed by atoms with Crippen molar-refractivity contribution in [2.45, 2.75) is 18.7 Å². The van der Waals surface area contributed by atoms with Gasteiger partial charge in [0.05, 0.1) is 4.90 Å². The van der Waals surface area contributed by atoms with E-state index in [4.69, 9.17) is 11.6 Å². The first kappa shape index (κ1) is 15.7. The highest BCUT2D eigenvalue weighted by molar-refractivity contribution is 7.83. The zero-order valence-corrected chi connectivity index (χ0v) is 13.1. The number of benzene rings is 2. The number of hydrogen-bond donors (Lipinski definition) is 1. The fourth-order valence-electron chi connectivity index (χ4n) is 1.71. The molecule has 2 aromatic carbocycles. The lowest BCUT2D eigenvalue weighted by Gasteiger charge is -2.05. The second-order valence-electron chi connectivity index (χ2n) is 4.53. The average molecular weight is 325 g/mol. The van der Waals surface area contributed by atoms with Gasteiger partial charge in [0.2, 0.25) is 0 Å². The second-order valence-corrected chi connectivity index (χ2v) is 6.08. The van der Waals surface area contributed by atoms with Gasteiger partial charge >= 0.3 is 0 Å². The monoisotopic (exact) mass is 324 g/mol. The van der Waals surface area contributed by atoms with Gasteiger partial charge in [0.25, 0.3) is 0 Å². The van der Waals surface area contributed by atoms with Gasteiger partial charge in [0.15, 0.2) is 16.2 Å². The average Bonchev–Trinajstić information content (AvgIpc) is 2.45. The molecule has 2 rings (SSSR count). The van der Waals surface area contributed by atoms with Crippen molar-refractivity contribution in [3.63, 3.8) is 0 Å². The van der Waals surface area contributed by atoms with Gasteiger partial charge in [0.1, 0.15) is 5.82 Å². The van der Waals surface area contributed by atoms with Gasteiger partial charge < -0.3 is 0 Å². The van der Waals surface area contributed by atoms with Crippen LogP contribution in [0.25, 0.3) is 0 Å². The molecule has 0 aromatic heterocycles. The molecular formula is C15H14ClFN2OS. The standard InChI is InChI=1S/C15H14ClFN2OS/c1-10-3-6-13(7-4-10)21(20)19-18-15(16)14-8-5-12(17)9-11(14)2/h3-9,19H,1-2H3/b18-15-. The molecule has 21 heavy (non-hydrogen) atoms. The van der Waals surface area contributed by atoms with Crippen LogP contribution in [-0.4, -0.2) is 9.38 Å². The molecule has 2 aromatic rings. The Morgan fingerprint density at radius 3 is 2.48 bits per heavy atom. The van der Waals surface area contributed by atoms with E-state index in [1.54, 1.807) is 19.1 Å². The summed E-state index contributed by atoms with van der Waals surface area (Å²) in [7, 11) is -1.49. The molecule has 0 spiro atoms. The summed E-state index contributed by atoms with van der Waals surface area (Å²) in [5, 5.41) is 4.03. The summed E-state index contributed by atoms with van der Waals surface area (Å²) in [5.74, 6) is -0.336. The molecule has 1 unspecified atom stereocenters. The minimum atomic E-state index is -1.49. The Hall–Kier alpha value is -1.72. The van der Waals surface area contributed by atoms with E-state index in [0.717, 1.165) is 5.56 Å². The van der Waals surface area contributed by atoms with Gasteiger partial charge in [-0.05, 0) is 49.7 Å². The number of hydrogen-bond acceptors (Lipinski definition) is 2. The third kappa shape index (κ3) is 4.12. The largest absolute Gasteiger partial charge is 0.230 e. The van der Waals surface area contributed by atoms with Gasteiger partial charge in [-0.25, -0.2) is 13.4 Å². The molecule has 1 atom stereocenters. The van der Waals surface area contributed by atoms with E-state index >= 15 is 0 Å². The molecular weight excluding hydrogens is 311 g/mol. The summed E-state index contributed by atoms with van der Waals surface area (Å²) in [5.41, 5.74) is 2.33. The summed E-state index contributed by atoms with van der Waals surface area (Å²) in [6.45, 7) is 3.68. The Labute approximate surface area is 130 Å². The van der Waals surface area contributed by atoms with Crippen LogP contribution in [0, 0.1) is 19.7 Å². The first-order chi connectivity index (χ1) is 9.97. The highest BCUT2D eigenvalue weighted by Crippen LogP contribution is 2.13. The normalized spacial score (nSPS) is 13.0. The Balaban J connectivity index is 2.12. The van der Waals surface area contributed by atoms with E-state index in [1.807, 2.05) is 19.1 Å². The summed E-state index contributed by atoms with van der Waals surface area (Å²) in [4.78, 5) is 3.09. The highest BCUT2D eigenvalue weighted by Gasteiger charge is 2.07. The molecule has 0 saturated carbocycles. The molecule has 3 nitrogen and oxygen atoms in total. The van der Waals surface area contributed by atoms with Crippen LogP contribution >= 0.6 is 11.6 Å². The quantitative estimate of drug-likeness (QED) is 0.677. The molecule has 110 valence electrons.